The van der Waals surface area contributed by atoms with Gasteiger partial charge in [0.05, 0.1) is 0 Å². The molecule has 10 nitrogen and oxygen atoms in total. The molecule has 0 bridgehead atoms. The molecule has 39 heavy (non-hydrogen) atoms. The molecule has 5 aromatic rings. The number of nitrogens with one attached hydrogen (secondary N) is 3. The van der Waals surface area contributed by atoms with Gasteiger partial charge in [-0.15, -0.1) is 0 Å². The number of hydrogen-bond acceptors (Lipinski definition) is 6. The van der Waals surface area contributed by atoms with Crippen LogP contribution in [0.1, 0.15) is 32.1 Å². The van der Waals surface area contributed by atoms with Crippen LogP contribution < -0.4 is 16.4 Å². The number of rotatable bonds is 9. The molecule has 3 heterocycles. The van der Waals surface area contributed by atoms with Crippen LogP contribution in [-0.2, 0) is 17.6 Å². The van der Waals surface area contributed by atoms with E-state index in [1.165, 1.54) is 6.20 Å². The number of carbonyl (C=O) groups excluding carboxylic acids is 3. The summed E-state index contributed by atoms with van der Waals surface area (Å²) in [5.74, 6) is -2.55. The van der Waals surface area contributed by atoms with E-state index in [9.17, 15) is 19.5 Å². The monoisotopic (exact) mass is 522 g/mol. The second kappa shape index (κ2) is 11.0. The summed E-state index contributed by atoms with van der Waals surface area (Å²) in [7, 11) is 0. The van der Waals surface area contributed by atoms with Crippen molar-refractivity contribution >= 4 is 39.5 Å². The van der Waals surface area contributed by atoms with E-state index in [-0.39, 0.29) is 35.3 Å². The van der Waals surface area contributed by atoms with Crippen LogP contribution in [-0.4, -0.2) is 50.4 Å². The van der Waals surface area contributed by atoms with Crippen molar-refractivity contribution in [1.82, 2.24) is 25.6 Å². The fourth-order valence-corrected chi connectivity index (χ4v) is 4.49. The summed E-state index contributed by atoms with van der Waals surface area (Å²) in [6.45, 7) is 0.268. The summed E-state index contributed by atoms with van der Waals surface area (Å²) < 4.78 is 0. The number of amides is 3. The maximum atomic E-state index is 13.3. The normalized spacial score (nSPS) is 11.8. The third-order valence-electron chi connectivity index (χ3n) is 6.45. The number of primary amides is 1. The summed E-state index contributed by atoms with van der Waals surface area (Å²) in [6.07, 6.45) is 4.04. The van der Waals surface area contributed by atoms with Crippen molar-refractivity contribution in [3.8, 4) is 5.75 Å². The third-order valence-corrected chi connectivity index (χ3v) is 6.45. The highest BCUT2D eigenvalue weighted by Gasteiger charge is 2.26. The van der Waals surface area contributed by atoms with E-state index in [2.05, 4.69) is 25.6 Å². The van der Waals surface area contributed by atoms with Crippen molar-refractivity contribution in [2.24, 2.45) is 5.73 Å². The Balaban J connectivity index is 1.38. The topological polar surface area (TPSA) is 163 Å². The molecule has 2 aromatic carbocycles. The second-order valence-electron chi connectivity index (χ2n) is 9.04. The number of para-hydroxylation sites is 1. The van der Waals surface area contributed by atoms with Gasteiger partial charge in [-0.1, -0.05) is 48.5 Å². The molecule has 0 spiro atoms. The number of pyridine rings is 2. The van der Waals surface area contributed by atoms with Crippen molar-refractivity contribution in [2.45, 2.75) is 18.9 Å². The molecule has 0 radical (unpaired) electrons. The molecule has 0 aliphatic rings. The molecule has 10 heteroatoms. The highest BCUT2D eigenvalue weighted by molar-refractivity contribution is 6.10. The van der Waals surface area contributed by atoms with Crippen molar-refractivity contribution in [3.05, 3.63) is 102 Å². The van der Waals surface area contributed by atoms with Crippen molar-refractivity contribution in [2.75, 3.05) is 6.54 Å². The molecule has 0 saturated carbocycles. The Hall–Kier alpha value is -5.25. The maximum Gasteiger partial charge on any atom is 0.273 e. The van der Waals surface area contributed by atoms with E-state index in [0.29, 0.717) is 6.42 Å². The Kier molecular flexibility index (Phi) is 7.17. The van der Waals surface area contributed by atoms with Crippen LogP contribution in [0.4, 0.5) is 0 Å². The molecule has 0 aliphatic heterocycles. The second-order valence-corrected chi connectivity index (χ2v) is 9.04. The Morgan fingerprint density at radius 2 is 1.67 bits per heavy atom. The number of nitrogens with two attached hydrogens (primary N) is 1. The fourth-order valence-electron chi connectivity index (χ4n) is 4.49. The van der Waals surface area contributed by atoms with Crippen LogP contribution in [0.5, 0.6) is 5.75 Å². The van der Waals surface area contributed by atoms with Crippen molar-refractivity contribution < 1.29 is 19.5 Å². The molecule has 0 fully saturated rings. The number of fused-ring (bicyclic) bond motifs is 2. The lowest BCUT2D eigenvalue weighted by atomic mass is 10.0. The van der Waals surface area contributed by atoms with Crippen LogP contribution in [0.3, 0.4) is 0 Å². The van der Waals surface area contributed by atoms with Crippen LogP contribution >= 0.6 is 0 Å². The van der Waals surface area contributed by atoms with Crippen LogP contribution in [0, 0.1) is 0 Å². The number of H-pyrrole nitrogens is 1. The first-order valence-electron chi connectivity index (χ1n) is 12.4. The number of hydrogen-bond donors (Lipinski definition) is 5. The highest BCUT2D eigenvalue weighted by Crippen LogP contribution is 2.28. The number of nitrogens with zero attached hydrogens (tertiary/aromatic N) is 2. The molecule has 6 N–H and O–H groups in total. The van der Waals surface area contributed by atoms with Gasteiger partial charge in [-0.25, -0.2) is 4.98 Å². The van der Waals surface area contributed by atoms with E-state index < -0.39 is 29.5 Å². The lowest BCUT2D eigenvalue weighted by molar-refractivity contribution is -0.119. The van der Waals surface area contributed by atoms with Crippen LogP contribution in [0.25, 0.3) is 21.8 Å². The quantitative estimate of drug-likeness (QED) is 0.200. The van der Waals surface area contributed by atoms with E-state index in [0.717, 1.165) is 22.0 Å². The van der Waals surface area contributed by atoms with Gasteiger partial charge in [0.1, 0.15) is 17.3 Å². The number of aromatic hydroxyl groups is 1. The summed E-state index contributed by atoms with van der Waals surface area (Å²) in [5.41, 5.74) is 7.93. The molecule has 0 aliphatic carbocycles. The van der Waals surface area contributed by atoms with E-state index in [4.69, 9.17) is 5.73 Å². The average molecular weight is 523 g/mol. The first-order chi connectivity index (χ1) is 18.9. The Morgan fingerprint density at radius 1 is 0.923 bits per heavy atom. The largest absolute Gasteiger partial charge is 0.504 e. The average Bonchev–Trinajstić information content (AvgIpc) is 3.36. The molecule has 0 unspecified atom stereocenters. The Labute approximate surface area is 223 Å². The van der Waals surface area contributed by atoms with Gasteiger partial charge < -0.3 is 26.5 Å². The van der Waals surface area contributed by atoms with Gasteiger partial charge in [0, 0.05) is 41.6 Å². The van der Waals surface area contributed by atoms with Gasteiger partial charge in [0.15, 0.2) is 11.4 Å². The van der Waals surface area contributed by atoms with Crippen molar-refractivity contribution in [1.29, 1.82) is 0 Å². The lowest BCUT2D eigenvalue weighted by Crippen LogP contribution is -2.46. The Morgan fingerprint density at radius 3 is 2.46 bits per heavy atom. The van der Waals surface area contributed by atoms with E-state index in [1.54, 1.807) is 12.1 Å². The first kappa shape index (κ1) is 25.4. The zero-order chi connectivity index (χ0) is 27.4. The van der Waals surface area contributed by atoms with E-state index >= 15 is 0 Å². The van der Waals surface area contributed by atoms with Gasteiger partial charge in [0.2, 0.25) is 5.91 Å². The zero-order valence-corrected chi connectivity index (χ0v) is 20.8. The SMILES string of the molecule is NC(=O)[C@H](Cc1ccccc1)NC(=O)c1nc(C(=O)NCCc2c[nH]c3ccccc23)c(O)c2ncccc12. The number of aromatic amines is 1. The Bertz CT molecular complexity index is 1680. The number of aromatic nitrogens is 3. The van der Waals surface area contributed by atoms with Gasteiger partial charge >= 0.3 is 0 Å². The van der Waals surface area contributed by atoms with Gasteiger partial charge in [-0.2, -0.15) is 0 Å². The molecule has 196 valence electrons. The molecule has 1 atom stereocenters. The number of carbonyl (C=O) groups is 3. The predicted octanol–water partition coefficient (Wildman–Crippen LogP) is 2.62. The molecular formula is C29H26N6O4. The van der Waals surface area contributed by atoms with Crippen molar-refractivity contribution in [3.63, 3.8) is 0 Å². The predicted molar refractivity (Wildman–Crippen MR) is 146 cm³/mol. The minimum absolute atomic E-state index is 0.0399. The smallest absolute Gasteiger partial charge is 0.273 e. The van der Waals surface area contributed by atoms with Crippen LogP contribution in [0.2, 0.25) is 0 Å². The third kappa shape index (κ3) is 5.40. The summed E-state index contributed by atoms with van der Waals surface area (Å²) in [5, 5.41) is 17.5. The zero-order valence-electron chi connectivity index (χ0n) is 20.8. The molecule has 5 rings (SSSR count). The van der Waals surface area contributed by atoms with Gasteiger partial charge in [0.25, 0.3) is 11.8 Å². The molecule has 3 amide bonds. The summed E-state index contributed by atoms with van der Waals surface area (Å²) >= 11 is 0. The van der Waals surface area contributed by atoms with E-state index in [1.807, 2.05) is 60.8 Å². The van der Waals surface area contributed by atoms with Crippen LogP contribution in [0.15, 0.2) is 79.1 Å². The molecular weight excluding hydrogens is 496 g/mol. The fraction of sp³-hybridized carbons (Fsp3) is 0.138. The minimum Gasteiger partial charge on any atom is -0.504 e. The molecule has 3 aromatic heterocycles. The van der Waals surface area contributed by atoms with Gasteiger partial charge in [-0.05, 0) is 35.7 Å². The number of benzene rings is 2. The summed E-state index contributed by atoms with van der Waals surface area (Å²) in [6, 6.07) is 19.1. The molecule has 0 saturated heterocycles. The van der Waals surface area contributed by atoms with Gasteiger partial charge in [-0.3, -0.25) is 19.4 Å². The highest BCUT2D eigenvalue weighted by atomic mass is 16.3. The maximum absolute atomic E-state index is 13.3. The lowest BCUT2D eigenvalue weighted by Gasteiger charge is -2.17. The standard InChI is InChI=1S/C29H26N6O4/c30-27(37)22(15-17-7-2-1-3-8-17)34-29(39)24-20-10-6-13-31-23(20)26(36)25(35-24)28(38)32-14-12-18-16-33-21-11-5-4-9-19(18)21/h1-11,13,16,22,33,36H,12,14-15H2,(H2,30,37)(H,32,38)(H,34,39)/t22-/m0/s1. The first-order valence-corrected chi connectivity index (χ1v) is 12.4. The minimum atomic E-state index is -1.02. The summed E-state index contributed by atoms with van der Waals surface area (Å²) in [4.78, 5) is 50.1.